The fourth-order valence-corrected chi connectivity index (χ4v) is 5.81. The van der Waals surface area contributed by atoms with E-state index in [2.05, 4.69) is 33.8 Å². The highest BCUT2D eigenvalue weighted by atomic mass is 35.5. The van der Waals surface area contributed by atoms with E-state index in [9.17, 15) is 25.2 Å². The number of aliphatic hydroxyl groups excluding tert-OH is 5. The van der Waals surface area contributed by atoms with Crippen molar-refractivity contribution in [2.45, 2.75) is 94.0 Å². The van der Waals surface area contributed by atoms with Gasteiger partial charge < -0.3 is 40.9 Å². The van der Waals surface area contributed by atoms with Gasteiger partial charge in [0, 0.05) is 48.0 Å². The van der Waals surface area contributed by atoms with Crippen LogP contribution in [0.3, 0.4) is 0 Å². The largest absolute Gasteiger partial charge is 0.490 e. The van der Waals surface area contributed by atoms with Crippen molar-refractivity contribution in [2.24, 2.45) is 0 Å². The second kappa shape index (κ2) is 15.7. The van der Waals surface area contributed by atoms with E-state index in [1.54, 1.807) is 0 Å². The normalized spacial score (nSPS) is 18.0. The van der Waals surface area contributed by atoms with Gasteiger partial charge in [0.1, 0.15) is 24.1 Å². The minimum Gasteiger partial charge on any atom is -0.490 e. The number of nitrogens with one attached hydrogen (secondary N) is 2. The van der Waals surface area contributed by atoms with E-state index in [1.807, 2.05) is 42.7 Å². The number of pyridine rings is 1. The van der Waals surface area contributed by atoms with Gasteiger partial charge in [-0.1, -0.05) is 41.9 Å². The summed E-state index contributed by atoms with van der Waals surface area (Å²) in [6.45, 7) is -0.449. The van der Waals surface area contributed by atoms with Crippen molar-refractivity contribution in [1.29, 1.82) is 0 Å². The van der Waals surface area contributed by atoms with Crippen LogP contribution in [0.1, 0.15) is 61.6 Å². The van der Waals surface area contributed by atoms with Crippen molar-refractivity contribution in [3.63, 3.8) is 0 Å². The molecule has 2 aliphatic rings. The van der Waals surface area contributed by atoms with Crippen molar-refractivity contribution < 1.29 is 35.1 Å². The zero-order valence-corrected chi connectivity index (χ0v) is 26.6. The number of nitrogens with zero attached hydrogens (tertiary/aromatic N) is 1. The number of aryl methyl sites for hydroxylation is 1. The minimum atomic E-state index is -1.73. The van der Waals surface area contributed by atoms with Crippen LogP contribution in [0.4, 0.5) is 0 Å². The van der Waals surface area contributed by atoms with E-state index >= 15 is 0 Å². The van der Waals surface area contributed by atoms with Gasteiger partial charge in [0.05, 0.1) is 18.8 Å². The van der Waals surface area contributed by atoms with E-state index in [0.29, 0.717) is 24.1 Å². The van der Waals surface area contributed by atoms with Gasteiger partial charge in [-0.25, -0.2) is 0 Å². The molecule has 10 nitrogen and oxygen atoms in total. The predicted octanol–water partition coefficient (Wildman–Crippen LogP) is 2.99. The Morgan fingerprint density at radius 2 is 1.76 bits per heavy atom. The number of hydrogen-bond donors (Lipinski definition) is 7. The Morgan fingerprint density at radius 3 is 2.50 bits per heavy atom. The number of para-hydroxylation sites is 1. The number of unbranched alkanes of at least 4 members (excludes halogenated alkanes) is 1. The molecule has 7 N–H and O–H groups in total. The first-order chi connectivity index (χ1) is 22.2. The van der Waals surface area contributed by atoms with Gasteiger partial charge in [-0.2, -0.15) is 0 Å². The van der Waals surface area contributed by atoms with Crippen LogP contribution in [0.25, 0.3) is 11.1 Å². The third-order valence-corrected chi connectivity index (χ3v) is 9.13. The van der Waals surface area contributed by atoms with E-state index in [1.165, 1.54) is 0 Å². The Bertz CT molecular complexity index is 1470. The maximum atomic E-state index is 12.2. The number of halogens is 1. The number of carbonyl (C=O) groups excluding carboxylic acids is 1. The van der Waals surface area contributed by atoms with E-state index in [-0.39, 0.29) is 24.4 Å². The summed E-state index contributed by atoms with van der Waals surface area (Å²) in [5.74, 6) is 0.614. The Kier molecular flexibility index (Phi) is 11.7. The topological polar surface area (TPSA) is 164 Å². The second-order valence-corrected chi connectivity index (χ2v) is 12.8. The highest BCUT2D eigenvalue weighted by Gasteiger charge is 2.46. The lowest BCUT2D eigenvalue weighted by molar-refractivity contribution is -0.126. The zero-order chi connectivity index (χ0) is 32.7. The molecule has 0 aliphatic heterocycles. The molecule has 2 saturated carbocycles. The molecule has 0 saturated heterocycles. The molecular weight excluding hydrogens is 610 g/mol. The molecular formula is C35H44ClN3O7. The summed E-state index contributed by atoms with van der Waals surface area (Å²) in [5, 5.41) is 54.9. The van der Waals surface area contributed by atoms with Crippen molar-refractivity contribution >= 4 is 17.5 Å². The van der Waals surface area contributed by atoms with Crippen LogP contribution in [0.5, 0.6) is 5.75 Å². The molecule has 2 aliphatic carbocycles. The molecule has 1 aromatic heterocycles. The van der Waals surface area contributed by atoms with Gasteiger partial charge >= 0.3 is 0 Å². The number of amides is 1. The van der Waals surface area contributed by atoms with Crippen LogP contribution in [0, 0.1) is 0 Å². The van der Waals surface area contributed by atoms with Gasteiger partial charge in [-0.15, -0.1) is 0 Å². The standard InChI is InChI=1S/C35H44ClN3O7/c36-28-12-9-22(5-1-4-8-32(43)38-20-29(41)33(44)34(45)30(42)21-40)17-23(28)18-39-35(14-15-35)27-19-37-16-13-25(27)26-6-2-3-7-31(26)46-24-10-11-24/h2-3,6-7,9,12-13,16-17,19,24,29-30,33-34,39-42,44-45H,1,4-5,8,10-11,14-15,18,20-21H2,(H,38,43)/t29-,30+,33+,34+/m0/s1. The van der Waals surface area contributed by atoms with E-state index in [4.69, 9.17) is 21.4 Å². The van der Waals surface area contributed by atoms with Gasteiger partial charge in [0.2, 0.25) is 5.91 Å². The molecule has 5 rings (SSSR count). The highest BCUT2D eigenvalue weighted by Crippen LogP contribution is 2.50. The van der Waals surface area contributed by atoms with Crippen LogP contribution in [-0.4, -0.2) is 80.1 Å². The summed E-state index contributed by atoms with van der Waals surface area (Å²) >= 11 is 6.62. The Balaban J connectivity index is 1.12. The number of benzene rings is 2. The minimum absolute atomic E-state index is 0.191. The van der Waals surface area contributed by atoms with Crippen LogP contribution in [0.2, 0.25) is 5.02 Å². The molecule has 11 heteroatoms. The molecule has 1 heterocycles. The molecule has 0 unspecified atom stereocenters. The van der Waals surface area contributed by atoms with Gasteiger partial charge in [-0.3, -0.25) is 9.78 Å². The van der Waals surface area contributed by atoms with Crippen molar-refractivity contribution in [3.8, 4) is 16.9 Å². The maximum Gasteiger partial charge on any atom is 0.220 e. The van der Waals surface area contributed by atoms with Crippen LogP contribution in [0.15, 0.2) is 60.9 Å². The lowest BCUT2D eigenvalue weighted by atomic mass is 9.94. The fraction of sp³-hybridized carbons (Fsp3) is 0.486. The molecule has 3 aromatic rings. The first-order valence-corrected chi connectivity index (χ1v) is 16.4. The van der Waals surface area contributed by atoms with Gasteiger partial charge in [0.25, 0.3) is 0 Å². The summed E-state index contributed by atoms with van der Waals surface area (Å²) in [5.41, 5.74) is 5.31. The number of aromatic nitrogens is 1. The molecule has 248 valence electrons. The monoisotopic (exact) mass is 653 g/mol. The van der Waals surface area contributed by atoms with Gasteiger partial charge in [-0.05, 0) is 85.4 Å². The van der Waals surface area contributed by atoms with Crippen LogP contribution < -0.4 is 15.4 Å². The molecule has 4 atom stereocenters. The smallest absolute Gasteiger partial charge is 0.220 e. The summed E-state index contributed by atoms with van der Waals surface area (Å²) < 4.78 is 6.24. The molecule has 46 heavy (non-hydrogen) atoms. The zero-order valence-electron chi connectivity index (χ0n) is 25.8. The number of rotatable bonds is 18. The predicted molar refractivity (Wildman–Crippen MR) is 174 cm³/mol. The van der Waals surface area contributed by atoms with Gasteiger partial charge in [0.15, 0.2) is 0 Å². The quantitative estimate of drug-likeness (QED) is 0.102. The average molecular weight is 654 g/mol. The summed E-state index contributed by atoms with van der Waals surface area (Å²) in [7, 11) is 0. The maximum absolute atomic E-state index is 12.2. The lowest BCUT2D eigenvalue weighted by Crippen LogP contribution is -2.49. The first kappa shape index (κ1) is 34.3. The molecule has 0 radical (unpaired) electrons. The second-order valence-electron chi connectivity index (χ2n) is 12.4. The highest BCUT2D eigenvalue weighted by molar-refractivity contribution is 6.31. The number of aliphatic hydroxyl groups is 5. The van der Waals surface area contributed by atoms with Crippen LogP contribution >= 0.6 is 11.6 Å². The summed E-state index contributed by atoms with van der Waals surface area (Å²) in [6.07, 6.45) is 4.16. The Morgan fingerprint density at radius 1 is 1.00 bits per heavy atom. The third kappa shape index (κ3) is 8.83. The number of ether oxygens (including phenoxy) is 1. The van der Waals surface area contributed by atoms with Crippen molar-refractivity contribution in [1.82, 2.24) is 15.6 Å². The fourth-order valence-electron chi connectivity index (χ4n) is 5.62. The molecule has 2 aromatic carbocycles. The molecule has 2 fully saturated rings. The SMILES string of the molecule is O=C(CCCCc1ccc(Cl)c(CNC2(c3cnccc3-c3ccccc3OC3CC3)CC2)c1)NC[C@H](O)[C@@H](O)[C@H](O)[C@H](O)CO. The molecule has 0 spiro atoms. The number of carbonyl (C=O) groups is 1. The van der Waals surface area contributed by atoms with Crippen molar-refractivity contribution in [3.05, 3.63) is 82.6 Å². The summed E-state index contributed by atoms with van der Waals surface area (Å²) in [6, 6.07) is 16.3. The van der Waals surface area contributed by atoms with E-state index < -0.39 is 31.0 Å². The summed E-state index contributed by atoms with van der Waals surface area (Å²) in [4.78, 5) is 16.7. The lowest BCUT2D eigenvalue weighted by Gasteiger charge is -2.25. The Labute approximate surface area is 274 Å². The molecule has 1 amide bonds. The number of hydrogen-bond acceptors (Lipinski definition) is 9. The molecule has 0 bridgehead atoms. The first-order valence-electron chi connectivity index (χ1n) is 16.0. The average Bonchev–Trinajstić information content (AvgIpc) is 4.02. The van der Waals surface area contributed by atoms with Crippen molar-refractivity contribution in [2.75, 3.05) is 13.2 Å². The van der Waals surface area contributed by atoms with Crippen LogP contribution in [-0.2, 0) is 23.3 Å². The third-order valence-electron chi connectivity index (χ3n) is 8.76. The van der Waals surface area contributed by atoms with E-state index in [0.717, 1.165) is 72.1 Å². The Hall–Kier alpha value is -3.09.